The molecule has 2 aromatic heterocycles. The summed E-state index contributed by atoms with van der Waals surface area (Å²) >= 11 is 5.91. The third-order valence-corrected chi connectivity index (χ3v) is 5.40. The molecule has 0 atom stereocenters. The lowest BCUT2D eigenvalue weighted by Crippen LogP contribution is -2.22. The van der Waals surface area contributed by atoms with E-state index in [9.17, 15) is 4.79 Å². The predicted molar refractivity (Wildman–Crippen MR) is 125 cm³/mol. The smallest absolute Gasteiger partial charge is 0.271 e. The highest BCUT2D eigenvalue weighted by atomic mass is 35.5. The maximum atomic E-state index is 12.6. The Labute approximate surface area is 188 Å². The number of nitrogens with one attached hydrogen (secondary N) is 2. The van der Waals surface area contributed by atoms with Crippen LogP contribution in [0.3, 0.4) is 0 Å². The summed E-state index contributed by atoms with van der Waals surface area (Å²) in [7, 11) is 1.58. The van der Waals surface area contributed by atoms with Crippen LogP contribution >= 0.6 is 11.6 Å². The van der Waals surface area contributed by atoms with Crippen LogP contribution in [0.4, 0.5) is 0 Å². The van der Waals surface area contributed by atoms with Gasteiger partial charge in [-0.15, -0.1) is 5.10 Å². The first kappa shape index (κ1) is 19.9. The topological polar surface area (TPSA) is 79.6 Å². The Bertz CT molecular complexity index is 1480. The summed E-state index contributed by atoms with van der Waals surface area (Å²) in [5, 5.41) is 6.76. The van der Waals surface area contributed by atoms with Crippen LogP contribution in [0.1, 0.15) is 10.4 Å². The molecule has 0 bridgehead atoms. The Balaban J connectivity index is 1.66. The number of hydrogen-bond donors (Lipinski definition) is 2. The van der Waals surface area contributed by atoms with Gasteiger partial charge in [-0.25, -0.2) is 5.43 Å². The quantitative estimate of drug-likeness (QED) is 0.360. The van der Waals surface area contributed by atoms with Crippen LogP contribution in [0.5, 0.6) is 5.75 Å². The lowest BCUT2D eigenvalue weighted by atomic mass is 10.1. The van der Waals surface area contributed by atoms with Gasteiger partial charge in [0.25, 0.3) is 5.91 Å². The van der Waals surface area contributed by atoms with Crippen LogP contribution in [0.25, 0.3) is 33.1 Å². The van der Waals surface area contributed by atoms with Crippen molar-refractivity contribution in [1.82, 2.24) is 10.4 Å². The van der Waals surface area contributed by atoms with Gasteiger partial charge in [0.05, 0.1) is 18.4 Å². The lowest BCUT2D eigenvalue weighted by Gasteiger charge is -2.07. The summed E-state index contributed by atoms with van der Waals surface area (Å²) in [5.74, 6) is 0.200. The van der Waals surface area contributed by atoms with Gasteiger partial charge >= 0.3 is 0 Å². The number of benzene rings is 3. The molecule has 6 nitrogen and oxygen atoms in total. The van der Waals surface area contributed by atoms with Crippen molar-refractivity contribution in [3.8, 4) is 17.0 Å². The standard InChI is InChI=1S/C25H18ClN3O3/c1-31-22-8-4-6-17-13-19(21-14-16-5-2-3-7-20(16)27-21)25(32-23(17)22)29-28-24(30)15-9-11-18(26)12-10-15/h2-14,27H,1H3,(H,28,30)/b29-25+. The molecule has 3 aromatic carbocycles. The van der Waals surface area contributed by atoms with Crippen molar-refractivity contribution in [3.63, 3.8) is 0 Å². The fourth-order valence-electron chi connectivity index (χ4n) is 3.55. The molecule has 2 heterocycles. The molecule has 0 aliphatic rings. The Kier molecular flexibility index (Phi) is 5.13. The molecule has 0 radical (unpaired) electrons. The van der Waals surface area contributed by atoms with Gasteiger partial charge in [0, 0.05) is 26.9 Å². The molecule has 0 saturated heterocycles. The minimum absolute atomic E-state index is 0.246. The number of H-pyrrole nitrogens is 1. The SMILES string of the molecule is COc1cccc2cc(-c3cc4ccccc4[nH]3)/c(=N\NC(=O)c3ccc(Cl)cc3)oc12. The van der Waals surface area contributed by atoms with Crippen molar-refractivity contribution < 1.29 is 13.9 Å². The molecule has 5 aromatic rings. The molecule has 0 saturated carbocycles. The van der Waals surface area contributed by atoms with Crippen LogP contribution in [-0.4, -0.2) is 18.0 Å². The van der Waals surface area contributed by atoms with E-state index < -0.39 is 0 Å². The zero-order chi connectivity index (χ0) is 22.1. The van der Waals surface area contributed by atoms with E-state index in [-0.39, 0.29) is 11.5 Å². The number of aromatic nitrogens is 1. The Morgan fingerprint density at radius 2 is 1.78 bits per heavy atom. The first-order valence-electron chi connectivity index (χ1n) is 9.91. The van der Waals surface area contributed by atoms with Gasteiger partial charge in [-0.05, 0) is 48.5 Å². The molecule has 0 aliphatic carbocycles. The Morgan fingerprint density at radius 3 is 2.56 bits per heavy atom. The van der Waals surface area contributed by atoms with Crippen LogP contribution in [0.15, 0.2) is 88.4 Å². The van der Waals surface area contributed by atoms with Gasteiger partial charge in [0.1, 0.15) is 0 Å². The zero-order valence-electron chi connectivity index (χ0n) is 17.1. The minimum atomic E-state index is -0.375. The number of carbonyl (C=O) groups is 1. The minimum Gasteiger partial charge on any atom is -0.493 e. The zero-order valence-corrected chi connectivity index (χ0v) is 17.8. The van der Waals surface area contributed by atoms with Crippen molar-refractivity contribution >= 4 is 39.4 Å². The number of nitrogens with zero attached hydrogens (tertiary/aromatic N) is 1. The average Bonchev–Trinajstić information content (AvgIpc) is 3.26. The third kappa shape index (κ3) is 3.72. The first-order chi connectivity index (χ1) is 15.6. The van der Waals surface area contributed by atoms with Gasteiger partial charge < -0.3 is 14.1 Å². The van der Waals surface area contributed by atoms with E-state index in [0.29, 0.717) is 27.5 Å². The summed E-state index contributed by atoms with van der Waals surface area (Å²) in [6.07, 6.45) is 0. The summed E-state index contributed by atoms with van der Waals surface area (Å²) in [6.45, 7) is 0. The average molecular weight is 444 g/mol. The van der Waals surface area contributed by atoms with Gasteiger partial charge in [-0.3, -0.25) is 4.79 Å². The van der Waals surface area contributed by atoms with Crippen LogP contribution < -0.4 is 15.7 Å². The number of halogens is 1. The number of aromatic amines is 1. The van der Waals surface area contributed by atoms with Crippen molar-refractivity contribution in [1.29, 1.82) is 0 Å². The summed E-state index contributed by atoms with van der Waals surface area (Å²) in [6, 6.07) is 24.1. The number of methoxy groups -OCH3 is 1. The maximum absolute atomic E-state index is 12.6. The number of amides is 1. The van der Waals surface area contributed by atoms with E-state index in [4.69, 9.17) is 20.8 Å². The van der Waals surface area contributed by atoms with Crippen LogP contribution in [0.2, 0.25) is 5.02 Å². The fraction of sp³-hybridized carbons (Fsp3) is 0.0400. The molecule has 0 unspecified atom stereocenters. The number of ether oxygens (including phenoxy) is 1. The maximum Gasteiger partial charge on any atom is 0.271 e. The predicted octanol–water partition coefficient (Wildman–Crippen LogP) is 5.49. The number of carbonyl (C=O) groups excluding carboxylic acids is 1. The third-order valence-electron chi connectivity index (χ3n) is 5.14. The Morgan fingerprint density at radius 1 is 1.00 bits per heavy atom. The van der Waals surface area contributed by atoms with Gasteiger partial charge in [-0.1, -0.05) is 41.9 Å². The molecule has 0 aliphatic heterocycles. The first-order valence-corrected chi connectivity index (χ1v) is 10.3. The Hall–Kier alpha value is -4.03. The second kappa shape index (κ2) is 8.24. The van der Waals surface area contributed by atoms with E-state index in [1.165, 1.54) is 0 Å². The molecule has 5 rings (SSSR count). The highest BCUT2D eigenvalue weighted by Gasteiger charge is 2.13. The summed E-state index contributed by atoms with van der Waals surface area (Å²) in [5.41, 5.74) is 6.31. The summed E-state index contributed by atoms with van der Waals surface area (Å²) in [4.78, 5) is 16.0. The molecule has 0 fully saturated rings. The molecule has 2 N–H and O–H groups in total. The molecule has 1 amide bonds. The second-order valence-electron chi connectivity index (χ2n) is 7.17. The largest absolute Gasteiger partial charge is 0.493 e. The fourth-order valence-corrected chi connectivity index (χ4v) is 3.67. The number of para-hydroxylation sites is 2. The number of fused-ring (bicyclic) bond motifs is 2. The lowest BCUT2D eigenvalue weighted by molar-refractivity contribution is 0.0951. The summed E-state index contributed by atoms with van der Waals surface area (Å²) < 4.78 is 11.6. The van der Waals surface area contributed by atoms with Crippen molar-refractivity contribution in [2.45, 2.75) is 0 Å². The number of hydrogen-bond acceptors (Lipinski definition) is 4. The molecule has 0 spiro atoms. The van der Waals surface area contributed by atoms with Crippen molar-refractivity contribution in [2.75, 3.05) is 7.11 Å². The monoisotopic (exact) mass is 443 g/mol. The normalized spacial score (nSPS) is 11.8. The highest BCUT2D eigenvalue weighted by molar-refractivity contribution is 6.30. The molecule has 32 heavy (non-hydrogen) atoms. The molecule has 7 heteroatoms. The van der Waals surface area contributed by atoms with E-state index >= 15 is 0 Å². The van der Waals surface area contributed by atoms with Crippen LogP contribution in [-0.2, 0) is 0 Å². The van der Waals surface area contributed by atoms with Gasteiger partial charge in [0.2, 0.25) is 5.55 Å². The van der Waals surface area contributed by atoms with Crippen molar-refractivity contribution in [3.05, 3.63) is 95.0 Å². The van der Waals surface area contributed by atoms with E-state index in [1.807, 2.05) is 54.6 Å². The molecule has 158 valence electrons. The van der Waals surface area contributed by atoms with E-state index in [0.717, 1.165) is 22.0 Å². The van der Waals surface area contributed by atoms with E-state index in [1.54, 1.807) is 31.4 Å². The molecular weight excluding hydrogens is 426 g/mol. The van der Waals surface area contributed by atoms with Gasteiger partial charge in [0.15, 0.2) is 11.3 Å². The van der Waals surface area contributed by atoms with Gasteiger partial charge in [-0.2, -0.15) is 0 Å². The van der Waals surface area contributed by atoms with Crippen LogP contribution in [0, 0.1) is 0 Å². The van der Waals surface area contributed by atoms with E-state index in [2.05, 4.69) is 15.5 Å². The van der Waals surface area contributed by atoms with Crippen molar-refractivity contribution in [2.24, 2.45) is 5.10 Å². The number of rotatable bonds is 4. The highest BCUT2D eigenvalue weighted by Crippen LogP contribution is 2.28. The molecular formula is C25H18ClN3O3. The second-order valence-corrected chi connectivity index (χ2v) is 7.61.